The number of carboxylic acid groups (broad SMARTS) is 1. The molecule has 0 unspecified atom stereocenters. The molecule has 1 N–H and O–H groups in total. The van der Waals surface area contributed by atoms with Gasteiger partial charge in [-0.1, -0.05) is 0 Å². The molecular weight excluding hydrogens is 262 g/mol. The highest BCUT2D eigenvalue weighted by Crippen LogP contribution is 2.11. The molecular formula is C13H13N3O4. The van der Waals surface area contributed by atoms with Crippen LogP contribution in [0.3, 0.4) is 0 Å². The van der Waals surface area contributed by atoms with E-state index in [0.29, 0.717) is 23.7 Å². The molecule has 7 nitrogen and oxygen atoms in total. The Bertz CT molecular complexity index is 646. The van der Waals surface area contributed by atoms with Gasteiger partial charge in [-0.25, -0.2) is 19.3 Å². The summed E-state index contributed by atoms with van der Waals surface area (Å²) in [6.07, 6.45) is 2.74. The summed E-state index contributed by atoms with van der Waals surface area (Å²) in [5.74, 6) is -1.07. The molecule has 0 aliphatic heterocycles. The second-order valence-corrected chi connectivity index (χ2v) is 4.00. The lowest BCUT2D eigenvalue weighted by Crippen LogP contribution is -2.06. The number of carbonyl (C=O) groups is 2. The third kappa shape index (κ3) is 2.66. The number of aromatic nitrogens is 3. The van der Waals surface area contributed by atoms with Gasteiger partial charge in [0.1, 0.15) is 5.56 Å². The average Bonchev–Trinajstić information content (AvgIpc) is 2.81. The van der Waals surface area contributed by atoms with Crippen molar-refractivity contribution in [2.75, 3.05) is 6.61 Å². The van der Waals surface area contributed by atoms with E-state index in [9.17, 15) is 9.59 Å². The second kappa shape index (κ2) is 5.52. The average molecular weight is 275 g/mol. The summed E-state index contributed by atoms with van der Waals surface area (Å²) in [6.45, 7) is 3.62. The Morgan fingerprint density at radius 1 is 1.40 bits per heavy atom. The Balaban J connectivity index is 2.28. The Morgan fingerprint density at radius 3 is 2.65 bits per heavy atom. The molecule has 7 heteroatoms. The van der Waals surface area contributed by atoms with E-state index in [1.54, 1.807) is 26.0 Å². The fourth-order valence-corrected chi connectivity index (χ4v) is 1.64. The second-order valence-electron chi connectivity index (χ2n) is 4.00. The van der Waals surface area contributed by atoms with Gasteiger partial charge in [-0.15, -0.1) is 0 Å². The maximum absolute atomic E-state index is 11.5. The number of aryl methyl sites for hydroxylation is 1. The molecule has 0 bridgehead atoms. The van der Waals surface area contributed by atoms with E-state index < -0.39 is 11.9 Å². The Morgan fingerprint density at radius 2 is 2.15 bits per heavy atom. The van der Waals surface area contributed by atoms with Crippen molar-refractivity contribution < 1.29 is 19.4 Å². The number of carboxylic acids is 1. The predicted molar refractivity (Wildman–Crippen MR) is 69.0 cm³/mol. The molecule has 2 heterocycles. The van der Waals surface area contributed by atoms with Gasteiger partial charge in [-0.05, 0) is 26.0 Å². The predicted octanol–water partition coefficient (Wildman–Crippen LogP) is 1.45. The third-order valence-electron chi connectivity index (χ3n) is 2.62. The van der Waals surface area contributed by atoms with Crippen LogP contribution in [0.1, 0.15) is 33.3 Å². The molecule has 104 valence electrons. The first-order valence-electron chi connectivity index (χ1n) is 5.96. The molecule has 2 aromatic heterocycles. The summed E-state index contributed by atoms with van der Waals surface area (Å²) in [6, 6.07) is 3.13. The van der Waals surface area contributed by atoms with E-state index in [4.69, 9.17) is 9.84 Å². The molecule has 0 aliphatic carbocycles. The van der Waals surface area contributed by atoms with Crippen LogP contribution < -0.4 is 0 Å². The number of hydrogen-bond acceptors (Lipinski definition) is 5. The lowest BCUT2D eigenvalue weighted by Gasteiger charge is -2.03. The first-order chi connectivity index (χ1) is 9.52. The van der Waals surface area contributed by atoms with Gasteiger partial charge in [0.05, 0.1) is 17.9 Å². The van der Waals surface area contributed by atoms with Crippen molar-refractivity contribution in [3.63, 3.8) is 0 Å². The van der Waals surface area contributed by atoms with Crippen LogP contribution in [0.4, 0.5) is 0 Å². The van der Waals surface area contributed by atoms with Crippen LogP contribution in [0.25, 0.3) is 5.82 Å². The third-order valence-corrected chi connectivity index (χ3v) is 2.62. The van der Waals surface area contributed by atoms with Gasteiger partial charge in [0.15, 0.2) is 5.82 Å². The molecule has 0 aromatic carbocycles. The van der Waals surface area contributed by atoms with Crippen molar-refractivity contribution in [1.29, 1.82) is 0 Å². The monoisotopic (exact) mass is 275 g/mol. The maximum atomic E-state index is 11.5. The zero-order valence-corrected chi connectivity index (χ0v) is 11.0. The molecule has 0 saturated heterocycles. The van der Waals surface area contributed by atoms with Crippen molar-refractivity contribution in [3.05, 3.63) is 41.3 Å². The summed E-state index contributed by atoms with van der Waals surface area (Å²) in [4.78, 5) is 26.5. The van der Waals surface area contributed by atoms with Crippen LogP contribution in [0.5, 0.6) is 0 Å². The number of ether oxygens (including phenoxy) is 1. The SMILES string of the molecule is CCOC(=O)c1ccc(-n2cc(C(=O)O)c(C)n2)nc1. The molecule has 0 fully saturated rings. The van der Waals surface area contributed by atoms with Crippen LogP contribution in [-0.4, -0.2) is 38.4 Å². The standard InChI is InChI=1S/C13H13N3O4/c1-3-20-13(19)9-4-5-11(14-6-9)16-7-10(12(17)18)8(2)15-16/h4-7H,3H2,1-2H3,(H,17,18). The molecule has 0 saturated carbocycles. The van der Waals surface area contributed by atoms with E-state index in [2.05, 4.69) is 10.1 Å². The molecule has 0 amide bonds. The molecule has 0 spiro atoms. The van der Waals surface area contributed by atoms with Gasteiger partial charge in [-0.3, -0.25) is 0 Å². The normalized spacial score (nSPS) is 10.3. The largest absolute Gasteiger partial charge is 0.478 e. The number of esters is 1. The van der Waals surface area contributed by atoms with Crippen molar-refractivity contribution in [2.24, 2.45) is 0 Å². The van der Waals surface area contributed by atoms with Crippen LogP contribution in [0.15, 0.2) is 24.5 Å². The van der Waals surface area contributed by atoms with Crippen molar-refractivity contribution in [2.45, 2.75) is 13.8 Å². The Kier molecular flexibility index (Phi) is 3.79. The van der Waals surface area contributed by atoms with E-state index in [1.807, 2.05) is 0 Å². The highest BCUT2D eigenvalue weighted by Gasteiger charge is 2.13. The maximum Gasteiger partial charge on any atom is 0.339 e. The van der Waals surface area contributed by atoms with E-state index in [-0.39, 0.29) is 5.56 Å². The van der Waals surface area contributed by atoms with Gasteiger partial charge in [0.25, 0.3) is 0 Å². The Hall–Kier alpha value is -2.70. The molecule has 20 heavy (non-hydrogen) atoms. The van der Waals surface area contributed by atoms with Crippen LogP contribution in [-0.2, 0) is 4.74 Å². The van der Waals surface area contributed by atoms with E-state index >= 15 is 0 Å². The van der Waals surface area contributed by atoms with Gasteiger partial charge in [0.2, 0.25) is 0 Å². The zero-order chi connectivity index (χ0) is 14.7. The summed E-state index contributed by atoms with van der Waals surface area (Å²) < 4.78 is 6.20. The highest BCUT2D eigenvalue weighted by molar-refractivity contribution is 5.89. The first-order valence-corrected chi connectivity index (χ1v) is 5.96. The number of hydrogen-bond donors (Lipinski definition) is 1. The van der Waals surface area contributed by atoms with Gasteiger partial charge in [0, 0.05) is 12.4 Å². The summed E-state index contributed by atoms with van der Waals surface area (Å²) in [5.41, 5.74) is 0.841. The first kappa shape index (κ1) is 13.7. The number of pyridine rings is 1. The lowest BCUT2D eigenvalue weighted by atomic mass is 10.3. The smallest absolute Gasteiger partial charge is 0.339 e. The summed E-state index contributed by atoms with van der Waals surface area (Å²) >= 11 is 0. The number of carbonyl (C=O) groups excluding carboxylic acids is 1. The van der Waals surface area contributed by atoms with Crippen LogP contribution in [0, 0.1) is 6.92 Å². The fraction of sp³-hybridized carbons (Fsp3) is 0.231. The van der Waals surface area contributed by atoms with E-state index in [0.717, 1.165) is 0 Å². The molecule has 2 rings (SSSR count). The highest BCUT2D eigenvalue weighted by atomic mass is 16.5. The zero-order valence-electron chi connectivity index (χ0n) is 11.0. The molecule has 2 aromatic rings. The van der Waals surface area contributed by atoms with E-state index in [1.165, 1.54) is 17.1 Å². The van der Waals surface area contributed by atoms with Crippen LogP contribution >= 0.6 is 0 Å². The van der Waals surface area contributed by atoms with Crippen molar-refractivity contribution >= 4 is 11.9 Å². The topological polar surface area (TPSA) is 94.3 Å². The fourth-order valence-electron chi connectivity index (χ4n) is 1.64. The minimum absolute atomic E-state index is 0.112. The van der Waals surface area contributed by atoms with Gasteiger partial charge >= 0.3 is 11.9 Å². The van der Waals surface area contributed by atoms with Gasteiger partial charge < -0.3 is 9.84 Å². The van der Waals surface area contributed by atoms with Crippen LogP contribution in [0.2, 0.25) is 0 Å². The van der Waals surface area contributed by atoms with Gasteiger partial charge in [-0.2, -0.15) is 5.10 Å². The Labute approximate surface area is 114 Å². The number of rotatable bonds is 4. The minimum atomic E-state index is -1.04. The summed E-state index contributed by atoms with van der Waals surface area (Å²) in [7, 11) is 0. The summed E-state index contributed by atoms with van der Waals surface area (Å²) in [5, 5.41) is 13.0. The number of nitrogens with zero attached hydrogens (tertiary/aromatic N) is 3. The number of aromatic carboxylic acids is 1. The van der Waals surface area contributed by atoms with Crippen molar-refractivity contribution in [3.8, 4) is 5.82 Å². The minimum Gasteiger partial charge on any atom is -0.478 e. The quantitative estimate of drug-likeness (QED) is 0.849. The molecule has 0 atom stereocenters. The lowest BCUT2D eigenvalue weighted by molar-refractivity contribution is 0.0525. The van der Waals surface area contributed by atoms with Crippen molar-refractivity contribution in [1.82, 2.24) is 14.8 Å². The molecule has 0 radical (unpaired) electrons. The molecule has 0 aliphatic rings.